The van der Waals surface area contributed by atoms with E-state index < -0.39 is 0 Å². The second kappa shape index (κ2) is 2.19. The molecule has 1 rings (SSSR count). The number of aromatic hydroxyl groups is 1. The van der Waals surface area contributed by atoms with Crippen molar-refractivity contribution in [3.63, 3.8) is 0 Å². The highest BCUT2D eigenvalue weighted by Crippen LogP contribution is 2.22. The first-order chi connectivity index (χ1) is 4.22. The van der Waals surface area contributed by atoms with Gasteiger partial charge in [-0.3, -0.25) is 4.79 Å². The highest BCUT2D eigenvalue weighted by Gasteiger charge is 2.05. The maximum atomic E-state index is 10.6. The van der Waals surface area contributed by atoms with Crippen LogP contribution in [0.1, 0.15) is 16.6 Å². The van der Waals surface area contributed by atoms with Gasteiger partial charge in [-0.25, -0.2) is 0 Å². The molecule has 1 aromatic rings. The first-order valence-corrected chi connectivity index (χ1v) is 3.37. The van der Waals surface area contributed by atoms with Crippen molar-refractivity contribution in [1.82, 2.24) is 0 Å². The molecule has 0 spiro atoms. The molecule has 1 heterocycles. The minimum atomic E-state index is -0.0810. The fourth-order valence-corrected chi connectivity index (χ4v) is 1.25. The van der Waals surface area contributed by atoms with Gasteiger partial charge in [0.15, 0.2) is 5.78 Å². The number of carbonyl (C=O) groups excluding carboxylic acids is 1. The summed E-state index contributed by atoms with van der Waals surface area (Å²) in [4.78, 5) is 11.0. The third kappa shape index (κ3) is 1.10. The molecular formula is C6H6O2S. The fraction of sp³-hybridized carbons (Fsp3) is 0.167. The van der Waals surface area contributed by atoms with Crippen LogP contribution in [-0.4, -0.2) is 10.9 Å². The molecule has 0 saturated carbocycles. The van der Waals surface area contributed by atoms with Gasteiger partial charge in [0.05, 0.1) is 0 Å². The Bertz CT molecular complexity index is 227. The maximum Gasteiger partial charge on any atom is 0.173 e. The normalized spacial score (nSPS) is 9.44. The molecule has 0 aliphatic carbocycles. The van der Waals surface area contributed by atoms with Crippen molar-refractivity contribution in [3.8, 4) is 5.75 Å². The van der Waals surface area contributed by atoms with E-state index in [-0.39, 0.29) is 11.5 Å². The Hall–Kier alpha value is -0.830. The summed E-state index contributed by atoms with van der Waals surface area (Å²) in [5, 5.41) is 10.6. The molecule has 0 saturated heterocycles. The predicted molar refractivity (Wildman–Crippen MR) is 36.0 cm³/mol. The molecular weight excluding hydrogens is 136 g/mol. The first kappa shape index (κ1) is 6.29. The first-order valence-electron chi connectivity index (χ1n) is 2.49. The Balaban J connectivity index is 3.08. The van der Waals surface area contributed by atoms with Crippen LogP contribution in [0.25, 0.3) is 0 Å². The molecule has 2 nitrogen and oxygen atoms in total. The van der Waals surface area contributed by atoms with Gasteiger partial charge in [0.2, 0.25) is 0 Å². The second-order valence-electron chi connectivity index (χ2n) is 1.69. The zero-order chi connectivity index (χ0) is 6.85. The topological polar surface area (TPSA) is 37.3 Å². The minimum Gasteiger partial charge on any atom is -0.506 e. The van der Waals surface area contributed by atoms with Crippen molar-refractivity contribution < 1.29 is 9.90 Å². The molecule has 0 fully saturated rings. The van der Waals surface area contributed by atoms with E-state index in [0.717, 1.165) is 0 Å². The van der Waals surface area contributed by atoms with Crippen LogP contribution in [0.4, 0.5) is 0 Å². The lowest BCUT2D eigenvalue weighted by Crippen LogP contribution is -1.84. The molecule has 0 amide bonds. The molecule has 0 aliphatic rings. The number of carbonyl (C=O) groups is 1. The van der Waals surface area contributed by atoms with Crippen LogP contribution in [-0.2, 0) is 0 Å². The van der Waals surface area contributed by atoms with E-state index >= 15 is 0 Å². The lowest BCUT2D eigenvalue weighted by molar-refractivity contribution is 0.101. The van der Waals surface area contributed by atoms with Crippen LogP contribution in [0.15, 0.2) is 11.4 Å². The van der Waals surface area contributed by atoms with Crippen LogP contribution in [0.5, 0.6) is 5.75 Å². The molecule has 0 radical (unpaired) electrons. The van der Waals surface area contributed by atoms with E-state index in [2.05, 4.69) is 0 Å². The molecule has 48 valence electrons. The number of hydrogen-bond donors (Lipinski definition) is 1. The van der Waals surface area contributed by atoms with Crippen molar-refractivity contribution >= 4 is 17.1 Å². The molecule has 0 bridgehead atoms. The Morgan fingerprint density at radius 2 is 2.44 bits per heavy atom. The van der Waals surface area contributed by atoms with Gasteiger partial charge < -0.3 is 5.11 Å². The summed E-state index contributed by atoms with van der Waals surface area (Å²) in [6, 6.07) is 1.52. The minimum absolute atomic E-state index is 0.0810. The highest BCUT2D eigenvalue weighted by molar-refractivity contribution is 7.12. The summed E-state index contributed by atoms with van der Waals surface area (Å²) in [6.07, 6.45) is 0. The third-order valence-electron chi connectivity index (χ3n) is 0.964. The molecule has 1 N–H and O–H groups in total. The van der Waals surface area contributed by atoms with Crippen molar-refractivity contribution in [2.75, 3.05) is 0 Å². The second-order valence-corrected chi connectivity index (χ2v) is 2.61. The zero-order valence-corrected chi connectivity index (χ0v) is 5.73. The Morgan fingerprint density at radius 3 is 2.67 bits per heavy atom. The summed E-state index contributed by atoms with van der Waals surface area (Å²) in [5.74, 6) is 0.00926. The third-order valence-corrected chi connectivity index (χ3v) is 1.97. The average molecular weight is 142 g/mol. The van der Waals surface area contributed by atoms with E-state index in [1.807, 2.05) is 0 Å². The fourth-order valence-electron chi connectivity index (χ4n) is 0.566. The van der Waals surface area contributed by atoms with Gasteiger partial charge in [-0.05, 0) is 11.4 Å². The summed E-state index contributed by atoms with van der Waals surface area (Å²) in [5.41, 5.74) is 0. The van der Waals surface area contributed by atoms with Gasteiger partial charge in [-0.15, -0.1) is 11.3 Å². The Kier molecular flexibility index (Phi) is 1.53. The molecule has 0 unspecified atom stereocenters. The van der Waals surface area contributed by atoms with Crippen molar-refractivity contribution in [3.05, 3.63) is 16.3 Å². The van der Waals surface area contributed by atoms with Gasteiger partial charge in [-0.2, -0.15) is 0 Å². The molecule has 3 heteroatoms. The van der Waals surface area contributed by atoms with Crippen molar-refractivity contribution in [2.24, 2.45) is 0 Å². The monoisotopic (exact) mass is 142 g/mol. The molecule has 1 aromatic heterocycles. The van der Waals surface area contributed by atoms with Crippen LogP contribution >= 0.6 is 11.3 Å². The molecule has 0 aromatic carbocycles. The predicted octanol–water partition coefficient (Wildman–Crippen LogP) is 1.66. The Morgan fingerprint density at radius 1 is 1.78 bits per heavy atom. The van der Waals surface area contributed by atoms with Gasteiger partial charge in [0.25, 0.3) is 0 Å². The van der Waals surface area contributed by atoms with Gasteiger partial charge in [0, 0.05) is 6.92 Å². The number of thiophene rings is 1. The lowest BCUT2D eigenvalue weighted by atomic mass is 10.3. The standard InChI is InChI=1S/C6H6O2S/c1-4(7)6-5(8)2-3-9-6/h2-3,8H,1H3. The SMILES string of the molecule is CC(=O)c1sccc1O. The van der Waals surface area contributed by atoms with E-state index in [1.165, 1.54) is 24.3 Å². The number of Topliss-reactive ketones (excluding diaryl/α,β-unsaturated/α-hetero) is 1. The van der Waals surface area contributed by atoms with Gasteiger partial charge in [0.1, 0.15) is 10.6 Å². The van der Waals surface area contributed by atoms with Crippen LogP contribution in [0.3, 0.4) is 0 Å². The van der Waals surface area contributed by atoms with Crippen LogP contribution in [0, 0.1) is 0 Å². The van der Waals surface area contributed by atoms with Gasteiger partial charge in [-0.1, -0.05) is 0 Å². The Labute approximate surface area is 56.8 Å². The number of hydrogen-bond acceptors (Lipinski definition) is 3. The zero-order valence-electron chi connectivity index (χ0n) is 4.92. The van der Waals surface area contributed by atoms with Crippen molar-refractivity contribution in [1.29, 1.82) is 0 Å². The van der Waals surface area contributed by atoms with E-state index in [4.69, 9.17) is 5.11 Å². The average Bonchev–Trinajstić information content (AvgIpc) is 2.13. The van der Waals surface area contributed by atoms with Gasteiger partial charge >= 0.3 is 0 Å². The van der Waals surface area contributed by atoms with E-state index in [0.29, 0.717) is 4.88 Å². The highest BCUT2D eigenvalue weighted by atomic mass is 32.1. The van der Waals surface area contributed by atoms with E-state index in [1.54, 1.807) is 5.38 Å². The van der Waals surface area contributed by atoms with Crippen molar-refractivity contribution in [2.45, 2.75) is 6.92 Å². The maximum absolute atomic E-state index is 10.6. The largest absolute Gasteiger partial charge is 0.506 e. The summed E-state index contributed by atoms with van der Waals surface area (Å²) in [7, 11) is 0. The summed E-state index contributed by atoms with van der Waals surface area (Å²) < 4.78 is 0. The lowest BCUT2D eigenvalue weighted by Gasteiger charge is -1.86. The molecule has 0 aliphatic heterocycles. The van der Waals surface area contributed by atoms with Crippen LogP contribution in [0.2, 0.25) is 0 Å². The quantitative estimate of drug-likeness (QED) is 0.605. The molecule has 0 atom stereocenters. The summed E-state index contributed by atoms with van der Waals surface area (Å²) in [6.45, 7) is 1.44. The number of rotatable bonds is 1. The van der Waals surface area contributed by atoms with E-state index in [9.17, 15) is 4.79 Å². The summed E-state index contributed by atoms with van der Waals surface area (Å²) >= 11 is 1.26. The van der Waals surface area contributed by atoms with Crippen LogP contribution < -0.4 is 0 Å². The smallest absolute Gasteiger partial charge is 0.173 e. The molecule has 9 heavy (non-hydrogen) atoms. The number of ketones is 1.